The van der Waals surface area contributed by atoms with Crippen molar-refractivity contribution in [3.05, 3.63) is 50.9 Å². The van der Waals surface area contributed by atoms with E-state index in [1.165, 1.54) is 17.7 Å². The van der Waals surface area contributed by atoms with Crippen molar-refractivity contribution in [3.63, 3.8) is 0 Å². The summed E-state index contributed by atoms with van der Waals surface area (Å²) in [6.07, 6.45) is 7.38. The zero-order valence-corrected chi connectivity index (χ0v) is 20.9. The Morgan fingerprint density at radius 3 is 2.44 bits per heavy atom. The van der Waals surface area contributed by atoms with Crippen LogP contribution < -0.4 is 5.32 Å². The monoisotopic (exact) mass is 472 g/mol. The summed E-state index contributed by atoms with van der Waals surface area (Å²) in [7, 11) is 0. The smallest absolute Gasteiger partial charge is 0.257 e. The number of nitrogens with one attached hydrogen (secondary N) is 1. The van der Waals surface area contributed by atoms with Crippen molar-refractivity contribution in [1.29, 1.82) is 0 Å². The number of rotatable bonds is 3. The Balaban J connectivity index is 1.70. The van der Waals surface area contributed by atoms with Crippen molar-refractivity contribution in [2.24, 2.45) is 11.3 Å². The van der Waals surface area contributed by atoms with Crippen molar-refractivity contribution >= 4 is 39.8 Å². The van der Waals surface area contributed by atoms with Gasteiger partial charge in [0.25, 0.3) is 11.8 Å². The lowest BCUT2D eigenvalue weighted by atomic mass is 9.72. The van der Waals surface area contributed by atoms with Gasteiger partial charge >= 0.3 is 0 Å². The summed E-state index contributed by atoms with van der Waals surface area (Å²) < 4.78 is 0. The maximum absolute atomic E-state index is 13.7. The molecule has 2 aromatic rings. The third kappa shape index (κ3) is 4.89. The van der Waals surface area contributed by atoms with Crippen LogP contribution in [0.15, 0.2) is 24.3 Å². The molecule has 1 N–H and O–H groups in total. The predicted octanol–water partition coefficient (Wildman–Crippen LogP) is 6.82. The lowest BCUT2D eigenvalue weighted by Crippen LogP contribution is -2.33. The lowest BCUT2D eigenvalue weighted by molar-refractivity contribution is 0.0761. The Hall–Kier alpha value is -1.85. The second-order valence-corrected chi connectivity index (χ2v) is 11.7. The maximum atomic E-state index is 13.7. The molecule has 1 aromatic carbocycles. The van der Waals surface area contributed by atoms with Gasteiger partial charge in [0, 0.05) is 18.0 Å². The fourth-order valence-electron chi connectivity index (χ4n) is 4.89. The number of benzene rings is 1. The van der Waals surface area contributed by atoms with Gasteiger partial charge in [-0.3, -0.25) is 9.59 Å². The van der Waals surface area contributed by atoms with E-state index in [0.717, 1.165) is 56.3 Å². The van der Waals surface area contributed by atoms with E-state index < -0.39 is 0 Å². The van der Waals surface area contributed by atoms with E-state index in [1.54, 1.807) is 29.5 Å². The van der Waals surface area contributed by atoms with Crippen molar-refractivity contribution in [2.75, 3.05) is 18.4 Å². The van der Waals surface area contributed by atoms with Gasteiger partial charge in [-0.05, 0) is 61.1 Å². The highest BCUT2D eigenvalue weighted by Gasteiger charge is 2.35. The lowest BCUT2D eigenvalue weighted by Gasteiger charge is -2.34. The first-order valence-corrected chi connectivity index (χ1v) is 12.9. The van der Waals surface area contributed by atoms with Gasteiger partial charge in [-0.1, -0.05) is 57.3 Å². The first kappa shape index (κ1) is 23.3. The molecule has 0 bridgehead atoms. The van der Waals surface area contributed by atoms with E-state index in [0.29, 0.717) is 21.5 Å². The molecule has 32 heavy (non-hydrogen) atoms. The predicted molar refractivity (Wildman–Crippen MR) is 133 cm³/mol. The Kier molecular flexibility index (Phi) is 6.97. The fraction of sp³-hybridized carbons (Fsp3) is 0.538. The van der Waals surface area contributed by atoms with Crippen LogP contribution in [0.25, 0.3) is 0 Å². The average molecular weight is 473 g/mol. The maximum Gasteiger partial charge on any atom is 0.257 e. The first-order valence-electron chi connectivity index (χ1n) is 11.8. The van der Waals surface area contributed by atoms with Crippen LogP contribution >= 0.6 is 22.9 Å². The molecule has 4 nitrogen and oxygen atoms in total. The summed E-state index contributed by atoms with van der Waals surface area (Å²) in [4.78, 5) is 30.0. The molecule has 1 unspecified atom stereocenters. The Morgan fingerprint density at radius 2 is 1.78 bits per heavy atom. The van der Waals surface area contributed by atoms with Crippen LogP contribution in [0.3, 0.4) is 0 Å². The van der Waals surface area contributed by atoms with Gasteiger partial charge in [-0.15, -0.1) is 11.3 Å². The van der Waals surface area contributed by atoms with Crippen LogP contribution in [-0.4, -0.2) is 29.8 Å². The molecule has 1 aliphatic heterocycles. The number of carbonyl (C=O) groups excluding carboxylic acids is 2. The molecule has 2 heterocycles. The van der Waals surface area contributed by atoms with Crippen LogP contribution in [0.4, 0.5) is 5.00 Å². The molecule has 1 fully saturated rings. The zero-order chi connectivity index (χ0) is 22.9. The van der Waals surface area contributed by atoms with Crippen LogP contribution in [0, 0.1) is 11.3 Å². The topological polar surface area (TPSA) is 49.4 Å². The van der Waals surface area contributed by atoms with Gasteiger partial charge in [0.15, 0.2) is 0 Å². The number of nitrogens with zero attached hydrogens (tertiary/aromatic N) is 1. The number of likely N-dealkylation sites (tertiary alicyclic amines) is 1. The minimum atomic E-state index is -0.258. The molecule has 1 aliphatic carbocycles. The zero-order valence-electron chi connectivity index (χ0n) is 19.3. The number of amides is 2. The normalized spacial score (nSPS) is 19.2. The molecular formula is C26H33ClN2O2S. The number of hydrogen-bond donors (Lipinski definition) is 1. The molecule has 1 atom stereocenters. The second kappa shape index (κ2) is 9.56. The second-order valence-electron chi connectivity index (χ2n) is 10.2. The highest BCUT2D eigenvalue weighted by molar-refractivity contribution is 7.17. The molecule has 4 rings (SSSR count). The third-order valence-corrected chi connectivity index (χ3v) is 8.44. The number of hydrogen-bond acceptors (Lipinski definition) is 3. The number of thiophene rings is 1. The van der Waals surface area contributed by atoms with E-state index in [-0.39, 0.29) is 17.2 Å². The van der Waals surface area contributed by atoms with Crippen LogP contribution in [0.1, 0.15) is 84.0 Å². The van der Waals surface area contributed by atoms with Crippen molar-refractivity contribution < 1.29 is 9.59 Å². The summed E-state index contributed by atoms with van der Waals surface area (Å²) in [5.41, 5.74) is 2.53. The van der Waals surface area contributed by atoms with Gasteiger partial charge in [-0.25, -0.2) is 0 Å². The summed E-state index contributed by atoms with van der Waals surface area (Å²) in [6.45, 7) is 8.47. The summed E-state index contributed by atoms with van der Waals surface area (Å²) in [5.74, 6) is 0.390. The van der Waals surface area contributed by atoms with Crippen molar-refractivity contribution in [3.8, 4) is 0 Å². The van der Waals surface area contributed by atoms with Crippen LogP contribution in [0.5, 0.6) is 0 Å². The number of carbonyl (C=O) groups is 2. The van der Waals surface area contributed by atoms with E-state index in [2.05, 4.69) is 26.1 Å². The number of fused-ring (bicyclic) bond motifs is 1. The van der Waals surface area contributed by atoms with E-state index in [1.807, 2.05) is 11.0 Å². The summed E-state index contributed by atoms with van der Waals surface area (Å²) >= 11 is 7.85. The molecule has 0 radical (unpaired) electrons. The average Bonchev–Trinajstić information content (AvgIpc) is 2.90. The van der Waals surface area contributed by atoms with Gasteiger partial charge in [-0.2, -0.15) is 0 Å². The van der Waals surface area contributed by atoms with E-state index >= 15 is 0 Å². The standard InChI is InChI=1S/C26H33ClN2O2S/c1-26(2,3)17-12-13-19-21(16-17)32-24(28-23(30)18-10-6-7-11-20(18)27)22(19)25(31)29-14-8-4-5-9-15-29/h6-7,10-11,17H,4-5,8-9,12-16H2,1-3H3,(H,28,30). The molecule has 0 saturated carbocycles. The minimum Gasteiger partial charge on any atom is -0.339 e. The largest absolute Gasteiger partial charge is 0.339 e. The Morgan fingerprint density at radius 1 is 1.09 bits per heavy atom. The minimum absolute atomic E-state index is 0.0769. The molecule has 1 saturated heterocycles. The molecular weight excluding hydrogens is 440 g/mol. The van der Waals surface area contributed by atoms with Gasteiger partial charge < -0.3 is 10.2 Å². The molecule has 172 valence electrons. The van der Waals surface area contributed by atoms with Crippen molar-refractivity contribution in [2.45, 2.75) is 65.7 Å². The van der Waals surface area contributed by atoms with Gasteiger partial charge in [0.05, 0.1) is 16.1 Å². The van der Waals surface area contributed by atoms with Gasteiger partial charge in [0.1, 0.15) is 5.00 Å². The Bertz CT molecular complexity index is 1000. The Labute approximate surface area is 200 Å². The van der Waals surface area contributed by atoms with E-state index in [9.17, 15) is 9.59 Å². The number of halogens is 1. The van der Waals surface area contributed by atoms with Crippen LogP contribution in [-0.2, 0) is 12.8 Å². The fourth-order valence-corrected chi connectivity index (χ4v) is 6.42. The summed E-state index contributed by atoms with van der Waals surface area (Å²) in [5, 5.41) is 4.16. The summed E-state index contributed by atoms with van der Waals surface area (Å²) in [6, 6.07) is 7.05. The van der Waals surface area contributed by atoms with E-state index in [4.69, 9.17) is 11.6 Å². The third-order valence-electron chi connectivity index (χ3n) is 6.94. The van der Waals surface area contributed by atoms with Crippen LogP contribution in [0.2, 0.25) is 5.02 Å². The highest BCUT2D eigenvalue weighted by Crippen LogP contribution is 2.45. The van der Waals surface area contributed by atoms with Gasteiger partial charge in [0.2, 0.25) is 0 Å². The molecule has 2 aliphatic rings. The first-order chi connectivity index (χ1) is 15.3. The molecule has 2 amide bonds. The number of anilines is 1. The quantitative estimate of drug-likeness (QED) is 0.532. The highest BCUT2D eigenvalue weighted by atomic mass is 35.5. The SMILES string of the molecule is CC(C)(C)C1CCc2c(sc(NC(=O)c3ccccc3Cl)c2C(=O)N2CCCCCC2)C1. The van der Waals surface area contributed by atoms with Crippen molar-refractivity contribution in [1.82, 2.24) is 4.90 Å². The molecule has 1 aromatic heterocycles. The molecule has 0 spiro atoms. The molecule has 6 heteroatoms.